The van der Waals surface area contributed by atoms with Crippen LogP contribution in [0.4, 0.5) is 0 Å². The molecule has 0 spiro atoms. The largest absolute Gasteiger partial charge is 0.391 e. The normalized spacial score (nSPS) is 19.8. The lowest BCUT2D eigenvalue weighted by Gasteiger charge is -2.30. The molecule has 1 aliphatic heterocycles. The fourth-order valence-corrected chi connectivity index (χ4v) is 2.64. The first-order valence-electron chi connectivity index (χ1n) is 8.19. The topological polar surface area (TPSA) is 70.6 Å². The van der Waals surface area contributed by atoms with Crippen molar-refractivity contribution < 1.29 is 14.6 Å². The predicted molar refractivity (Wildman–Crippen MR) is 84.1 cm³/mol. The molecule has 1 saturated heterocycles. The molecule has 0 radical (unpaired) electrons. The lowest BCUT2D eigenvalue weighted by Crippen LogP contribution is -2.53. The average Bonchev–Trinajstić information content (AvgIpc) is 2.42. The SMILES string of the molecule is CC(C)CC(O)CNC(=O)C(NC1CCOCC1)C(C)C. The summed E-state index contributed by atoms with van der Waals surface area (Å²) in [6, 6.07) is 0.136. The van der Waals surface area contributed by atoms with E-state index >= 15 is 0 Å². The van der Waals surface area contributed by atoms with E-state index in [9.17, 15) is 9.90 Å². The Morgan fingerprint density at radius 2 is 1.86 bits per heavy atom. The van der Waals surface area contributed by atoms with Crippen LogP contribution in [-0.4, -0.2) is 49.0 Å². The van der Waals surface area contributed by atoms with E-state index in [1.165, 1.54) is 0 Å². The molecule has 0 bridgehead atoms. The van der Waals surface area contributed by atoms with Crippen LogP contribution in [0.15, 0.2) is 0 Å². The van der Waals surface area contributed by atoms with Gasteiger partial charge in [0, 0.05) is 25.8 Å². The summed E-state index contributed by atoms with van der Waals surface area (Å²) in [6.07, 6.45) is 2.14. The quantitative estimate of drug-likeness (QED) is 0.632. The maximum absolute atomic E-state index is 12.3. The number of rotatable bonds is 8. The summed E-state index contributed by atoms with van der Waals surface area (Å²) in [5, 5.41) is 16.2. The Kier molecular flexibility index (Phi) is 8.22. The number of carbonyl (C=O) groups excluding carboxylic acids is 1. The zero-order chi connectivity index (χ0) is 15.8. The highest BCUT2D eigenvalue weighted by Gasteiger charge is 2.26. The zero-order valence-corrected chi connectivity index (χ0v) is 13.9. The van der Waals surface area contributed by atoms with Crippen molar-refractivity contribution in [3.63, 3.8) is 0 Å². The molecule has 1 fully saturated rings. The van der Waals surface area contributed by atoms with Crippen LogP contribution in [0.2, 0.25) is 0 Å². The van der Waals surface area contributed by atoms with Gasteiger partial charge in [0.05, 0.1) is 12.1 Å². The molecule has 2 unspecified atom stereocenters. The van der Waals surface area contributed by atoms with Gasteiger partial charge in [0.25, 0.3) is 0 Å². The van der Waals surface area contributed by atoms with Crippen molar-refractivity contribution in [1.29, 1.82) is 0 Å². The van der Waals surface area contributed by atoms with Gasteiger partial charge in [-0.05, 0) is 31.1 Å². The van der Waals surface area contributed by atoms with Crippen molar-refractivity contribution in [2.45, 2.75) is 65.1 Å². The molecule has 5 nitrogen and oxygen atoms in total. The van der Waals surface area contributed by atoms with Gasteiger partial charge in [-0.1, -0.05) is 27.7 Å². The number of aliphatic hydroxyl groups is 1. The van der Waals surface area contributed by atoms with Crippen LogP contribution in [0.1, 0.15) is 47.0 Å². The molecule has 1 rings (SSSR count). The summed E-state index contributed by atoms with van der Waals surface area (Å²) in [5.74, 6) is 0.632. The number of ether oxygens (including phenoxy) is 1. The molecule has 0 aliphatic carbocycles. The molecular weight excluding hydrogens is 268 g/mol. The molecule has 1 amide bonds. The highest BCUT2D eigenvalue weighted by atomic mass is 16.5. The van der Waals surface area contributed by atoms with Crippen molar-refractivity contribution in [2.24, 2.45) is 11.8 Å². The van der Waals surface area contributed by atoms with Crippen molar-refractivity contribution in [2.75, 3.05) is 19.8 Å². The minimum atomic E-state index is -0.468. The molecule has 1 heterocycles. The molecule has 2 atom stereocenters. The Morgan fingerprint density at radius 1 is 1.24 bits per heavy atom. The van der Waals surface area contributed by atoms with Crippen molar-refractivity contribution >= 4 is 5.91 Å². The lowest BCUT2D eigenvalue weighted by molar-refractivity contribution is -0.125. The Hall–Kier alpha value is -0.650. The van der Waals surface area contributed by atoms with Crippen LogP contribution in [0.3, 0.4) is 0 Å². The van der Waals surface area contributed by atoms with Gasteiger partial charge in [0.1, 0.15) is 0 Å². The Labute approximate surface area is 128 Å². The summed E-state index contributed by atoms with van der Waals surface area (Å²) in [6.45, 7) is 10.1. The molecule has 0 aromatic heterocycles. The minimum absolute atomic E-state index is 0.0145. The number of carbonyl (C=O) groups is 1. The van der Waals surface area contributed by atoms with Crippen LogP contribution in [-0.2, 0) is 9.53 Å². The van der Waals surface area contributed by atoms with Crippen molar-refractivity contribution in [3.05, 3.63) is 0 Å². The van der Waals surface area contributed by atoms with Gasteiger partial charge in [-0.2, -0.15) is 0 Å². The molecule has 5 heteroatoms. The fraction of sp³-hybridized carbons (Fsp3) is 0.938. The molecule has 0 aromatic rings. The highest BCUT2D eigenvalue weighted by molar-refractivity contribution is 5.82. The van der Waals surface area contributed by atoms with Crippen molar-refractivity contribution in [3.8, 4) is 0 Å². The molecule has 1 aliphatic rings. The van der Waals surface area contributed by atoms with Gasteiger partial charge in [0.15, 0.2) is 0 Å². The first-order chi connectivity index (χ1) is 9.90. The standard InChI is InChI=1S/C16H32N2O3/c1-11(2)9-14(19)10-17-16(20)15(12(3)4)18-13-5-7-21-8-6-13/h11-15,18-19H,5-10H2,1-4H3,(H,17,20). The van der Waals surface area contributed by atoms with E-state index in [1.807, 2.05) is 13.8 Å². The summed E-state index contributed by atoms with van der Waals surface area (Å²) >= 11 is 0. The number of hydrogen-bond donors (Lipinski definition) is 3. The summed E-state index contributed by atoms with van der Waals surface area (Å²) in [4.78, 5) is 12.3. The van der Waals surface area contributed by atoms with E-state index in [1.54, 1.807) is 0 Å². The van der Waals surface area contributed by atoms with Gasteiger partial charge in [-0.15, -0.1) is 0 Å². The maximum atomic E-state index is 12.3. The second kappa shape index (κ2) is 9.38. The van der Waals surface area contributed by atoms with Gasteiger partial charge >= 0.3 is 0 Å². The first-order valence-corrected chi connectivity index (χ1v) is 8.19. The Morgan fingerprint density at radius 3 is 2.38 bits per heavy atom. The molecule has 0 aromatic carbocycles. The van der Waals surface area contributed by atoms with E-state index in [-0.39, 0.29) is 17.9 Å². The second-order valence-electron chi connectivity index (χ2n) is 6.80. The Bertz CT molecular complexity index is 302. The van der Waals surface area contributed by atoms with E-state index < -0.39 is 6.10 Å². The van der Waals surface area contributed by atoms with Crippen LogP contribution >= 0.6 is 0 Å². The molecule has 21 heavy (non-hydrogen) atoms. The lowest BCUT2D eigenvalue weighted by atomic mass is 9.99. The third-order valence-corrected chi connectivity index (χ3v) is 3.84. The smallest absolute Gasteiger partial charge is 0.237 e. The third-order valence-electron chi connectivity index (χ3n) is 3.84. The minimum Gasteiger partial charge on any atom is -0.391 e. The third kappa shape index (κ3) is 7.25. The van der Waals surface area contributed by atoms with Crippen LogP contribution < -0.4 is 10.6 Å². The zero-order valence-electron chi connectivity index (χ0n) is 13.9. The van der Waals surface area contributed by atoms with E-state index in [0.717, 1.165) is 26.1 Å². The van der Waals surface area contributed by atoms with Crippen LogP contribution in [0.25, 0.3) is 0 Å². The first kappa shape index (κ1) is 18.4. The molecule has 0 saturated carbocycles. The van der Waals surface area contributed by atoms with E-state index in [2.05, 4.69) is 24.5 Å². The van der Waals surface area contributed by atoms with Crippen LogP contribution in [0, 0.1) is 11.8 Å². The van der Waals surface area contributed by atoms with E-state index in [4.69, 9.17) is 4.74 Å². The number of nitrogens with one attached hydrogen (secondary N) is 2. The van der Waals surface area contributed by atoms with Crippen molar-refractivity contribution in [1.82, 2.24) is 10.6 Å². The second-order valence-corrected chi connectivity index (χ2v) is 6.80. The maximum Gasteiger partial charge on any atom is 0.237 e. The summed E-state index contributed by atoms with van der Waals surface area (Å²) < 4.78 is 5.34. The predicted octanol–water partition coefficient (Wildman–Crippen LogP) is 1.30. The monoisotopic (exact) mass is 300 g/mol. The summed E-state index contributed by atoms with van der Waals surface area (Å²) in [7, 11) is 0. The molecular formula is C16H32N2O3. The average molecular weight is 300 g/mol. The van der Waals surface area contributed by atoms with Gasteiger partial charge in [-0.3, -0.25) is 4.79 Å². The molecule has 124 valence electrons. The molecule has 3 N–H and O–H groups in total. The van der Waals surface area contributed by atoms with Gasteiger partial charge in [0.2, 0.25) is 5.91 Å². The van der Waals surface area contributed by atoms with E-state index in [0.29, 0.717) is 24.9 Å². The van der Waals surface area contributed by atoms with Gasteiger partial charge in [-0.25, -0.2) is 0 Å². The Balaban J connectivity index is 2.41. The number of aliphatic hydroxyl groups excluding tert-OH is 1. The highest BCUT2D eigenvalue weighted by Crippen LogP contribution is 2.11. The number of hydrogen-bond acceptors (Lipinski definition) is 4. The fourth-order valence-electron chi connectivity index (χ4n) is 2.64. The summed E-state index contributed by atoms with van der Waals surface area (Å²) in [5.41, 5.74) is 0. The van der Waals surface area contributed by atoms with Gasteiger partial charge < -0.3 is 20.5 Å². The number of amides is 1. The van der Waals surface area contributed by atoms with Crippen LogP contribution in [0.5, 0.6) is 0 Å².